The summed E-state index contributed by atoms with van der Waals surface area (Å²) in [4.78, 5) is 0. The Balaban J connectivity index is 0.000000408. The first kappa shape index (κ1) is 58.7. The monoisotopic (exact) mass is 1130 g/mol. The van der Waals surface area contributed by atoms with Crippen LogP contribution in [0.3, 0.4) is 0 Å². The summed E-state index contributed by atoms with van der Waals surface area (Å²) < 4.78 is 343. The van der Waals surface area contributed by atoms with E-state index in [1.165, 1.54) is 22.0 Å². The van der Waals surface area contributed by atoms with E-state index in [0.717, 1.165) is 6.54 Å². The van der Waals surface area contributed by atoms with Crippen LogP contribution < -0.4 is 26.4 Å². The van der Waals surface area contributed by atoms with Gasteiger partial charge in [0.25, 0.3) is 0 Å². The van der Waals surface area contributed by atoms with E-state index in [-0.39, 0.29) is 0 Å². The van der Waals surface area contributed by atoms with Crippen molar-refractivity contribution < 1.29 is 110 Å². The number of alkyl halides is 25. The van der Waals surface area contributed by atoms with Gasteiger partial charge in [0.1, 0.15) is 12.0 Å². The van der Waals surface area contributed by atoms with Crippen molar-refractivity contribution in [1.29, 1.82) is 0 Å². The molecule has 0 saturated heterocycles. The minimum Gasteiger partial charge on any atom is -0.196 e. The number of pyridine rings is 1. The van der Waals surface area contributed by atoms with Crippen LogP contribution in [0.2, 0.25) is 0 Å². The Kier molecular flexibility index (Phi) is 15.8. The summed E-state index contributed by atoms with van der Waals surface area (Å²) in [5, 5.41) is 2.47. The highest BCUT2D eigenvalue weighted by Crippen LogP contribution is 2.41. The van der Waals surface area contributed by atoms with E-state index in [1.54, 1.807) is 0 Å². The van der Waals surface area contributed by atoms with Crippen LogP contribution in [0, 0.1) is 0 Å². The van der Waals surface area contributed by atoms with Gasteiger partial charge in [-0.25, -0.2) is 0 Å². The Hall–Kier alpha value is -6.60. The van der Waals surface area contributed by atoms with E-state index in [4.69, 9.17) is 11.6 Å². The highest BCUT2D eigenvalue weighted by Gasteiger charge is 2.47. The van der Waals surface area contributed by atoms with Gasteiger partial charge in [0.2, 0.25) is 5.69 Å². The largest absolute Gasteiger partial charge is 0.416 e. The molecule has 76 heavy (non-hydrogen) atoms. The predicted octanol–water partition coefficient (Wildman–Crippen LogP) is 15.1. The second-order valence-corrected chi connectivity index (χ2v) is 17.1. The molecule has 0 bridgehead atoms. The summed E-state index contributed by atoms with van der Waals surface area (Å²) in [6.45, 7) is 0.855. The number of fused-ring (bicyclic) bond motifs is 1. The summed E-state index contributed by atoms with van der Waals surface area (Å²) in [6, 6.07) is 12.2. The molecule has 0 N–H and O–H groups in total. The quantitative estimate of drug-likeness (QED) is 0.0648. The molecule has 7 rings (SSSR count). The van der Waals surface area contributed by atoms with E-state index in [1.807, 2.05) is 6.07 Å². The summed E-state index contributed by atoms with van der Waals surface area (Å²) in [5.74, 6) is 0.522. The molecule has 1 nitrogen and oxygen atoms in total. The van der Waals surface area contributed by atoms with E-state index in [9.17, 15) is 105 Å². The Morgan fingerprint density at radius 1 is 0.329 bits per heavy atom. The topological polar surface area (TPSA) is 3.88 Å². The lowest BCUT2D eigenvalue weighted by Gasteiger charge is -2.46. The lowest BCUT2D eigenvalue weighted by atomic mass is 9.12. The van der Waals surface area contributed by atoms with Crippen LogP contribution in [0.1, 0.15) is 55.8 Å². The summed E-state index contributed by atoms with van der Waals surface area (Å²) >= 11 is 6.16. The maximum atomic E-state index is 14.2. The third-order valence-electron chi connectivity index (χ3n) is 11.8. The van der Waals surface area contributed by atoms with Crippen LogP contribution in [0.5, 0.6) is 0 Å². The van der Waals surface area contributed by atoms with Gasteiger partial charge in [-0.1, -0.05) is 97.1 Å². The molecule has 0 aliphatic carbocycles. The average Bonchev–Trinajstić information content (AvgIpc) is 3.30. The summed E-state index contributed by atoms with van der Waals surface area (Å²) in [5.41, 5.74) is -27.7. The average molecular weight is 1130 g/mol. The Bertz CT molecular complexity index is 2780. The zero-order chi connectivity index (χ0) is 57.0. The molecule has 0 aliphatic rings. The standard InChI is InChI=1S/C32H12BF24.C17H15ClN/c34-25(35,36)13-1-14(26(37,38)39)6-21(5-13)33(22-7-15(27(40,41)42)2-16(8-22)28(43,44)45,23-9-17(29(46,47)48)3-18(10-23)30(49,50)51)24-11-19(31(52,53)54)4-20(12-24)32(55,56)57;18-12-17-16-9-5-4-8-15(16)10-11-19(17)13-14-6-2-1-3-7-14/h1-12H;1-11H,12-13H2/q-1;+1. The van der Waals surface area contributed by atoms with E-state index in [2.05, 4.69) is 65.4 Å². The molecule has 0 amide bonds. The molecule has 7 aromatic rings. The number of rotatable bonds is 7. The van der Waals surface area contributed by atoms with Gasteiger partial charge >= 0.3 is 49.4 Å². The van der Waals surface area contributed by atoms with Crippen molar-refractivity contribution in [1.82, 2.24) is 0 Å². The molecule has 1 heterocycles. The lowest BCUT2D eigenvalue weighted by Crippen LogP contribution is -2.75. The third-order valence-corrected chi connectivity index (χ3v) is 12.1. The Morgan fingerprint density at radius 2 is 0.592 bits per heavy atom. The highest BCUT2D eigenvalue weighted by atomic mass is 35.5. The smallest absolute Gasteiger partial charge is 0.196 e. The second-order valence-electron chi connectivity index (χ2n) is 16.8. The number of benzene rings is 6. The zero-order valence-electron chi connectivity index (χ0n) is 37.2. The van der Waals surface area contributed by atoms with E-state index >= 15 is 0 Å². The van der Waals surface area contributed by atoms with Crippen LogP contribution in [0.15, 0.2) is 140 Å². The van der Waals surface area contributed by atoms with Gasteiger partial charge in [-0.2, -0.15) is 132 Å². The van der Waals surface area contributed by atoms with Crippen molar-refractivity contribution in [2.24, 2.45) is 0 Å². The van der Waals surface area contributed by atoms with Gasteiger partial charge in [-0.15, -0.1) is 11.6 Å². The Morgan fingerprint density at radius 3 is 0.855 bits per heavy atom. The van der Waals surface area contributed by atoms with Crippen molar-refractivity contribution in [2.75, 3.05) is 0 Å². The Labute approximate surface area is 416 Å². The minimum atomic E-state index is -6.13. The van der Waals surface area contributed by atoms with Crippen LogP contribution >= 0.6 is 11.6 Å². The van der Waals surface area contributed by atoms with Gasteiger partial charge in [0.05, 0.1) is 49.9 Å². The van der Waals surface area contributed by atoms with E-state index < -0.39 is 195 Å². The summed E-state index contributed by atoms with van der Waals surface area (Å²) in [6.07, 6.45) is -52.7. The lowest BCUT2D eigenvalue weighted by molar-refractivity contribution is -0.693. The molecule has 0 radical (unpaired) electrons. The molecule has 0 atom stereocenters. The normalized spacial score (nSPS) is 13.4. The molecule has 0 fully saturated rings. The van der Waals surface area contributed by atoms with Crippen molar-refractivity contribution in [3.05, 3.63) is 195 Å². The fourth-order valence-corrected chi connectivity index (χ4v) is 8.77. The second kappa shape index (κ2) is 20.4. The molecule has 0 unspecified atom stereocenters. The molecule has 406 valence electrons. The maximum Gasteiger partial charge on any atom is 0.416 e. The molecule has 27 heteroatoms. The third kappa shape index (κ3) is 13.0. The molecule has 1 aromatic heterocycles. The van der Waals surface area contributed by atoms with Crippen molar-refractivity contribution in [2.45, 2.75) is 61.8 Å². The molecular weight excluding hydrogens is 1100 g/mol. The van der Waals surface area contributed by atoms with Gasteiger partial charge in [0.15, 0.2) is 12.7 Å². The van der Waals surface area contributed by atoms with Crippen LogP contribution in [0.4, 0.5) is 105 Å². The van der Waals surface area contributed by atoms with Gasteiger partial charge in [-0.3, -0.25) is 0 Å². The van der Waals surface area contributed by atoms with Crippen molar-refractivity contribution in [3.8, 4) is 0 Å². The first-order valence-electron chi connectivity index (χ1n) is 21.0. The number of aromatic nitrogens is 1. The molecule has 0 aliphatic heterocycles. The molecular formula is C49H27BClF24N. The van der Waals surface area contributed by atoms with Crippen molar-refractivity contribution >= 4 is 50.4 Å². The molecule has 6 aromatic carbocycles. The summed E-state index contributed by atoms with van der Waals surface area (Å²) in [7, 11) is 0. The zero-order valence-corrected chi connectivity index (χ0v) is 37.9. The van der Waals surface area contributed by atoms with Crippen molar-refractivity contribution in [3.63, 3.8) is 0 Å². The number of halogens is 25. The highest BCUT2D eigenvalue weighted by molar-refractivity contribution is 7.20. The SMILES string of the molecule is ClCc1c2ccccc2cc[n+]1Cc1ccccc1.FC(F)(F)c1cc([B-](c2cc(C(F)(F)F)cc(C(F)(F)F)c2)(c2cc(C(F)(F)F)cc(C(F)(F)F)c2)c2cc(C(F)(F)F)cc(C(F)(F)F)c2)cc(C(F)(F)F)c1. The van der Waals surface area contributed by atoms with E-state index in [0.29, 0.717) is 5.88 Å². The minimum absolute atomic E-state index is 0.522. The van der Waals surface area contributed by atoms with Gasteiger partial charge < -0.3 is 0 Å². The number of hydrogen-bond acceptors (Lipinski definition) is 0. The van der Waals surface area contributed by atoms with Crippen LogP contribution in [0.25, 0.3) is 10.8 Å². The first-order valence-corrected chi connectivity index (χ1v) is 21.5. The maximum absolute atomic E-state index is 14.2. The fourth-order valence-electron chi connectivity index (χ4n) is 8.47. The van der Waals surface area contributed by atoms with Gasteiger partial charge in [-0.05, 0) is 35.7 Å². The van der Waals surface area contributed by atoms with Crippen LogP contribution in [-0.2, 0) is 61.8 Å². The van der Waals surface area contributed by atoms with Crippen LogP contribution in [-0.4, -0.2) is 6.15 Å². The predicted molar refractivity (Wildman–Crippen MR) is 229 cm³/mol. The molecule has 0 saturated carbocycles. The molecule has 0 spiro atoms. The first-order chi connectivity index (χ1) is 34.6. The number of hydrogen-bond donors (Lipinski definition) is 0. The van der Waals surface area contributed by atoms with Gasteiger partial charge in [0, 0.05) is 11.6 Å². The number of nitrogens with zero attached hydrogens (tertiary/aromatic N) is 1. The fraction of sp³-hybridized carbons (Fsp3) is 0.204.